The van der Waals surface area contributed by atoms with Crippen molar-refractivity contribution in [2.75, 3.05) is 6.61 Å². The van der Waals surface area contributed by atoms with E-state index < -0.39 is 0 Å². The van der Waals surface area contributed by atoms with Crippen molar-refractivity contribution in [3.8, 4) is 0 Å². The fourth-order valence-electron chi connectivity index (χ4n) is 2.42. The van der Waals surface area contributed by atoms with Gasteiger partial charge in [-0.2, -0.15) is 0 Å². The number of rotatable bonds is 5. The number of amides is 1. The lowest BCUT2D eigenvalue weighted by Gasteiger charge is -2.10. The maximum absolute atomic E-state index is 11.9. The molecule has 116 valence electrons. The van der Waals surface area contributed by atoms with Gasteiger partial charge in [-0.25, -0.2) is 15.0 Å². The molecule has 0 saturated carbocycles. The molecule has 22 heavy (non-hydrogen) atoms. The van der Waals surface area contributed by atoms with E-state index in [0.717, 1.165) is 31.0 Å². The third-order valence-corrected chi connectivity index (χ3v) is 3.65. The van der Waals surface area contributed by atoms with Crippen LogP contribution in [-0.2, 0) is 22.6 Å². The molecule has 1 fully saturated rings. The van der Waals surface area contributed by atoms with Gasteiger partial charge in [-0.15, -0.1) is 0 Å². The molecule has 3 rings (SSSR count). The molecule has 7 heteroatoms. The molecule has 2 aromatic rings. The average molecular weight is 301 g/mol. The maximum atomic E-state index is 11.9. The first kappa shape index (κ1) is 14.6. The van der Waals surface area contributed by atoms with Gasteiger partial charge >= 0.3 is 0 Å². The number of hydrogen-bond acceptors (Lipinski definition) is 5. The highest BCUT2D eigenvalue weighted by Crippen LogP contribution is 2.25. The van der Waals surface area contributed by atoms with Gasteiger partial charge in [-0.05, 0) is 25.8 Å². The summed E-state index contributed by atoms with van der Waals surface area (Å²) in [5, 5.41) is 2.86. The Hall–Kier alpha value is -2.28. The third-order valence-electron chi connectivity index (χ3n) is 3.65. The Kier molecular flexibility index (Phi) is 4.43. The molecular formula is C15H19N5O2. The SMILES string of the molecule is Cc1nccn1CC(=O)NCc1ccnc([C@@H]2CCCO2)n1. The average Bonchev–Trinajstić information content (AvgIpc) is 3.18. The smallest absolute Gasteiger partial charge is 0.240 e. The van der Waals surface area contributed by atoms with Gasteiger partial charge in [0.2, 0.25) is 5.91 Å². The van der Waals surface area contributed by atoms with Crippen molar-refractivity contribution >= 4 is 5.91 Å². The van der Waals surface area contributed by atoms with E-state index in [2.05, 4.69) is 20.3 Å². The van der Waals surface area contributed by atoms with Crippen LogP contribution in [0.25, 0.3) is 0 Å². The molecule has 1 saturated heterocycles. The Morgan fingerprint density at radius 2 is 2.36 bits per heavy atom. The summed E-state index contributed by atoms with van der Waals surface area (Å²) in [4.78, 5) is 24.8. The summed E-state index contributed by atoms with van der Waals surface area (Å²) in [7, 11) is 0. The molecule has 0 aromatic carbocycles. The number of nitrogens with zero attached hydrogens (tertiary/aromatic N) is 4. The summed E-state index contributed by atoms with van der Waals surface area (Å²) >= 11 is 0. The van der Waals surface area contributed by atoms with Crippen LogP contribution in [0.1, 0.15) is 36.3 Å². The number of aryl methyl sites for hydroxylation is 1. The lowest BCUT2D eigenvalue weighted by Crippen LogP contribution is -2.27. The van der Waals surface area contributed by atoms with Gasteiger partial charge in [0.25, 0.3) is 0 Å². The van der Waals surface area contributed by atoms with E-state index in [4.69, 9.17) is 4.74 Å². The van der Waals surface area contributed by atoms with Crippen molar-refractivity contribution in [2.45, 2.75) is 39.0 Å². The number of ether oxygens (including phenoxy) is 1. The Balaban J connectivity index is 1.55. The van der Waals surface area contributed by atoms with Crippen LogP contribution in [0.5, 0.6) is 0 Å². The molecule has 1 N–H and O–H groups in total. The highest BCUT2D eigenvalue weighted by atomic mass is 16.5. The lowest BCUT2D eigenvalue weighted by atomic mass is 10.2. The number of imidazole rings is 1. The largest absolute Gasteiger partial charge is 0.370 e. The molecule has 1 aliphatic rings. The number of hydrogen-bond donors (Lipinski definition) is 1. The first-order chi connectivity index (χ1) is 10.7. The Morgan fingerprint density at radius 1 is 1.45 bits per heavy atom. The second kappa shape index (κ2) is 6.65. The first-order valence-corrected chi connectivity index (χ1v) is 7.40. The maximum Gasteiger partial charge on any atom is 0.240 e. The second-order valence-corrected chi connectivity index (χ2v) is 5.29. The van der Waals surface area contributed by atoms with E-state index in [9.17, 15) is 4.79 Å². The fourth-order valence-corrected chi connectivity index (χ4v) is 2.42. The zero-order valence-electron chi connectivity index (χ0n) is 12.5. The number of carbonyl (C=O) groups is 1. The molecule has 1 aliphatic heterocycles. The van der Waals surface area contributed by atoms with Crippen molar-refractivity contribution in [1.29, 1.82) is 0 Å². The van der Waals surface area contributed by atoms with Gasteiger partial charge in [0.05, 0.1) is 12.2 Å². The summed E-state index contributed by atoms with van der Waals surface area (Å²) in [5.74, 6) is 1.45. The van der Waals surface area contributed by atoms with Crippen LogP contribution in [-0.4, -0.2) is 32.0 Å². The zero-order chi connectivity index (χ0) is 15.4. The van der Waals surface area contributed by atoms with Crippen LogP contribution >= 0.6 is 0 Å². The standard InChI is InChI=1S/C15H19N5O2/c1-11-16-6-7-20(11)10-14(21)18-9-12-4-5-17-15(19-12)13-3-2-8-22-13/h4-7,13H,2-3,8-10H2,1H3,(H,18,21)/t13-/m0/s1. The molecular weight excluding hydrogens is 282 g/mol. The Labute approximate surface area is 128 Å². The number of nitrogens with one attached hydrogen (secondary N) is 1. The molecule has 7 nitrogen and oxygen atoms in total. The van der Waals surface area contributed by atoms with Crippen molar-refractivity contribution in [3.05, 3.63) is 42.0 Å². The van der Waals surface area contributed by atoms with Crippen molar-refractivity contribution in [1.82, 2.24) is 24.8 Å². The summed E-state index contributed by atoms with van der Waals surface area (Å²) in [6.07, 6.45) is 7.17. The van der Waals surface area contributed by atoms with Crippen LogP contribution < -0.4 is 5.32 Å². The van der Waals surface area contributed by atoms with Crippen molar-refractivity contribution in [2.24, 2.45) is 0 Å². The molecule has 0 unspecified atom stereocenters. The van der Waals surface area contributed by atoms with Gasteiger partial charge in [0.1, 0.15) is 18.5 Å². The van der Waals surface area contributed by atoms with Crippen LogP contribution in [0.4, 0.5) is 0 Å². The van der Waals surface area contributed by atoms with E-state index in [1.165, 1.54) is 0 Å². The predicted octanol–water partition coefficient (Wildman–Crippen LogP) is 1.15. The molecule has 2 aromatic heterocycles. The van der Waals surface area contributed by atoms with Crippen LogP contribution in [0.15, 0.2) is 24.7 Å². The quantitative estimate of drug-likeness (QED) is 0.896. The zero-order valence-corrected chi connectivity index (χ0v) is 12.5. The normalized spacial score (nSPS) is 17.6. The summed E-state index contributed by atoms with van der Waals surface area (Å²) in [6.45, 7) is 3.27. The summed E-state index contributed by atoms with van der Waals surface area (Å²) < 4.78 is 7.38. The first-order valence-electron chi connectivity index (χ1n) is 7.40. The van der Waals surface area contributed by atoms with E-state index >= 15 is 0 Å². The van der Waals surface area contributed by atoms with E-state index in [-0.39, 0.29) is 18.6 Å². The number of aromatic nitrogens is 4. The van der Waals surface area contributed by atoms with Crippen LogP contribution in [0, 0.1) is 6.92 Å². The minimum Gasteiger partial charge on any atom is -0.370 e. The highest BCUT2D eigenvalue weighted by molar-refractivity contribution is 5.75. The number of carbonyl (C=O) groups excluding carboxylic acids is 1. The van der Waals surface area contributed by atoms with E-state index in [0.29, 0.717) is 12.4 Å². The van der Waals surface area contributed by atoms with Gasteiger partial charge in [-0.1, -0.05) is 0 Å². The van der Waals surface area contributed by atoms with Gasteiger partial charge in [0, 0.05) is 25.2 Å². The summed E-state index contributed by atoms with van der Waals surface area (Å²) in [5.41, 5.74) is 0.788. The Bertz CT molecular complexity index is 649. The van der Waals surface area contributed by atoms with Crippen LogP contribution in [0.2, 0.25) is 0 Å². The summed E-state index contributed by atoms with van der Waals surface area (Å²) in [6, 6.07) is 1.81. The van der Waals surface area contributed by atoms with E-state index in [1.54, 1.807) is 29.2 Å². The topological polar surface area (TPSA) is 81.9 Å². The van der Waals surface area contributed by atoms with Crippen molar-refractivity contribution < 1.29 is 9.53 Å². The molecule has 0 bridgehead atoms. The third kappa shape index (κ3) is 3.48. The van der Waals surface area contributed by atoms with Gasteiger partial charge in [0.15, 0.2) is 5.82 Å². The molecule has 0 aliphatic carbocycles. The Morgan fingerprint density at radius 3 is 3.09 bits per heavy atom. The molecule has 3 heterocycles. The van der Waals surface area contributed by atoms with Gasteiger partial charge in [-0.3, -0.25) is 4.79 Å². The fraction of sp³-hybridized carbons (Fsp3) is 0.467. The van der Waals surface area contributed by atoms with E-state index in [1.807, 2.05) is 6.92 Å². The molecule has 1 amide bonds. The lowest BCUT2D eigenvalue weighted by molar-refractivity contribution is -0.121. The molecule has 1 atom stereocenters. The monoisotopic (exact) mass is 301 g/mol. The highest BCUT2D eigenvalue weighted by Gasteiger charge is 2.20. The predicted molar refractivity (Wildman–Crippen MR) is 78.8 cm³/mol. The molecule has 0 spiro atoms. The van der Waals surface area contributed by atoms with Crippen molar-refractivity contribution in [3.63, 3.8) is 0 Å². The minimum atomic E-state index is -0.0709. The molecule has 0 radical (unpaired) electrons. The van der Waals surface area contributed by atoms with Gasteiger partial charge < -0.3 is 14.6 Å². The second-order valence-electron chi connectivity index (χ2n) is 5.29. The van der Waals surface area contributed by atoms with Crippen LogP contribution in [0.3, 0.4) is 0 Å². The minimum absolute atomic E-state index is 0.00995.